The molecule has 0 unspecified atom stereocenters. The first-order chi connectivity index (χ1) is 4.79. The maximum atomic E-state index is 8.76. The smallest absolute Gasteiger partial charge is 0.115 e. The third-order valence-electron chi connectivity index (χ3n) is 1.03. The summed E-state index contributed by atoms with van der Waals surface area (Å²) in [7, 11) is 0. The number of benzene rings is 1. The highest BCUT2D eigenvalue weighted by molar-refractivity contribution is 5.24. The highest BCUT2D eigenvalue weighted by Crippen LogP contribution is 2.07. The fourth-order valence-electron chi connectivity index (χ4n) is 0.545. The summed E-state index contributed by atoms with van der Waals surface area (Å²) in [5.74, 6) is 0.329. The summed E-state index contributed by atoms with van der Waals surface area (Å²) >= 11 is 0. The van der Waals surface area contributed by atoms with Crippen LogP contribution < -0.4 is 0 Å². The van der Waals surface area contributed by atoms with Gasteiger partial charge in [-0.05, 0) is 19.1 Å². The van der Waals surface area contributed by atoms with Gasteiger partial charge in [0.1, 0.15) is 5.75 Å². The fourth-order valence-corrected chi connectivity index (χ4v) is 0.545. The quantitative estimate of drug-likeness (QED) is 0.546. The SMILES string of the molecule is C=C.Cc1ccc(O)cc1.[HH]. The normalized spacial score (nSPS) is 7.70. The minimum Gasteiger partial charge on any atom is -0.508 e. The zero-order valence-corrected chi connectivity index (χ0v) is 6.17. The Hall–Kier alpha value is -1.24. The summed E-state index contributed by atoms with van der Waals surface area (Å²) in [6.45, 7) is 7.99. The maximum absolute atomic E-state index is 8.76. The molecule has 0 atom stereocenters. The summed E-state index contributed by atoms with van der Waals surface area (Å²) in [5, 5.41) is 8.76. The summed E-state index contributed by atoms with van der Waals surface area (Å²) in [6, 6.07) is 7.09. The number of hydrogen-bond acceptors (Lipinski definition) is 1. The predicted molar refractivity (Wildman–Crippen MR) is 46.2 cm³/mol. The Morgan fingerprint density at radius 2 is 1.60 bits per heavy atom. The van der Waals surface area contributed by atoms with Gasteiger partial charge in [-0.1, -0.05) is 17.7 Å². The molecule has 56 valence electrons. The number of phenols is 1. The Bertz CT molecular complexity index is 160. The van der Waals surface area contributed by atoms with Crippen LogP contribution >= 0.6 is 0 Å². The summed E-state index contributed by atoms with van der Waals surface area (Å²) < 4.78 is 0. The minimum atomic E-state index is 0. The van der Waals surface area contributed by atoms with Gasteiger partial charge >= 0.3 is 0 Å². The molecule has 0 aromatic heterocycles. The van der Waals surface area contributed by atoms with Crippen molar-refractivity contribution >= 4 is 0 Å². The van der Waals surface area contributed by atoms with Gasteiger partial charge in [-0.2, -0.15) is 0 Å². The number of rotatable bonds is 0. The molecule has 0 bridgehead atoms. The second-order valence-corrected chi connectivity index (χ2v) is 1.84. The second-order valence-electron chi connectivity index (χ2n) is 1.84. The van der Waals surface area contributed by atoms with Gasteiger partial charge in [0.15, 0.2) is 0 Å². The number of aryl methyl sites for hydroxylation is 1. The molecular weight excluding hydrogens is 124 g/mol. The van der Waals surface area contributed by atoms with Crippen molar-refractivity contribution in [1.29, 1.82) is 0 Å². The average molecular weight is 138 g/mol. The average Bonchev–Trinajstić information content (AvgIpc) is 2.00. The minimum absolute atomic E-state index is 0. The standard InChI is InChI=1S/C7H8O.C2H4.H2/c1-6-2-4-7(8)5-3-6;1-2;/h2-5,8H,1H3;1-2H2;1H. The van der Waals surface area contributed by atoms with Crippen molar-refractivity contribution in [3.05, 3.63) is 43.0 Å². The van der Waals surface area contributed by atoms with Gasteiger partial charge in [-0.3, -0.25) is 0 Å². The highest BCUT2D eigenvalue weighted by Gasteiger charge is 1.82. The second kappa shape index (κ2) is 4.62. The van der Waals surface area contributed by atoms with Crippen LogP contribution in [0, 0.1) is 6.92 Å². The van der Waals surface area contributed by atoms with Gasteiger partial charge in [0.05, 0.1) is 0 Å². The molecule has 1 rings (SSSR count). The molecule has 0 amide bonds. The van der Waals surface area contributed by atoms with Crippen LogP contribution in [0.15, 0.2) is 37.4 Å². The molecule has 0 aliphatic heterocycles. The topological polar surface area (TPSA) is 20.2 Å². The van der Waals surface area contributed by atoms with E-state index in [1.165, 1.54) is 5.56 Å². The molecule has 0 saturated carbocycles. The van der Waals surface area contributed by atoms with E-state index in [2.05, 4.69) is 13.2 Å². The van der Waals surface area contributed by atoms with Gasteiger partial charge in [-0.15, -0.1) is 13.2 Å². The van der Waals surface area contributed by atoms with E-state index >= 15 is 0 Å². The zero-order valence-electron chi connectivity index (χ0n) is 6.17. The Kier molecular flexibility index (Phi) is 4.05. The third-order valence-corrected chi connectivity index (χ3v) is 1.03. The lowest BCUT2D eigenvalue weighted by molar-refractivity contribution is 0.475. The fraction of sp³-hybridized carbons (Fsp3) is 0.111. The molecule has 0 heterocycles. The number of aromatic hydroxyl groups is 1. The van der Waals surface area contributed by atoms with Crippen LogP contribution in [-0.2, 0) is 0 Å². The number of hydrogen-bond donors (Lipinski definition) is 1. The van der Waals surface area contributed by atoms with Crippen molar-refractivity contribution in [2.24, 2.45) is 0 Å². The van der Waals surface area contributed by atoms with E-state index in [0.29, 0.717) is 5.75 Å². The van der Waals surface area contributed by atoms with E-state index in [4.69, 9.17) is 5.11 Å². The zero-order chi connectivity index (χ0) is 7.98. The lowest BCUT2D eigenvalue weighted by atomic mass is 10.2. The van der Waals surface area contributed by atoms with E-state index in [0.717, 1.165) is 0 Å². The van der Waals surface area contributed by atoms with Crippen LogP contribution in [0.5, 0.6) is 5.75 Å². The molecule has 1 aromatic rings. The molecule has 1 aromatic carbocycles. The van der Waals surface area contributed by atoms with Crippen LogP contribution in [0.3, 0.4) is 0 Å². The highest BCUT2D eigenvalue weighted by atomic mass is 16.3. The van der Waals surface area contributed by atoms with Crippen LogP contribution in [-0.4, -0.2) is 5.11 Å². The molecule has 0 saturated heterocycles. The van der Waals surface area contributed by atoms with Gasteiger partial charge in [0.2, 0.25) is 0 Å². The van der Waals surface area contributed by atoms with Crippen LogP contribution in [0.25, 0.3) is 0 Å². The van der Waals surface area contributed by atoms with E-state index < -0.39 is 0 Å². The van der Waals surface area contributed by atoms with Crippen molar-refractivity contribution in [1.82, 2.24) is 0 Å². The first-order valence-corrected chi connectivity index (χ1v) is 3.04. The van der Waals surface area contributed by atoms with Gasteiger partial charge in [-0.25, -0.2) is 0 Å². The van der Waals surface area contributed by atoms with E-state index in [1.807, 2.05) is 19.1 Å². The first kappa shape index (κ1) is 8.76. The Labute approximate surface area is 63.1 Å². The molecular formula is C9H14O. The molecule has 0 radical (unpaired) electrons. The molecule has 0 spiro atoms. The monoisotopic (exact) mass is 138 g/mol. The Morgan fingerprint density at radius 3 is 1.90 bits per heavy atom. The van der Waals surface area contributed by atoms with E-state index in [9.17, 15) is 0 Å². The molecule has 0 aliphatic carbocycles. The predicted octanol–water partition coefficient (Wildman–Crippen LogP) is 2.75. The Morgan fingerprint density at radius 1 is 1.20 bits per heavy atom. The van der Waals surface area contributed by atoms with Crippen molar-refractivity contribution in [2.75, 3.05) is 0 Å². The van der Waals surface area contributed by atoms with Crippen molar-refractivity contribution in [3.8, 4) is 5.75 Å². The first-order valence-electron chi connectivity index (χ1n) is 3.04. The van der Waals surface area contributed by atoms with Crippen molar-refractivity contribution in [2.45, 2.75) is 6.92 Å². The lowest BCUT2D eigenvalue weighted by Crippen LogP contribution is -1.66. The molecule has 0 aliphatic rings. The van der Waals surface area contributed by atoms with Gasteiger partial charge in [0, 0.05) is 1.43 Å². The summed E-state index contributed by atoms with van der Waals surface area (Å²) in [4.78, 5) is 0. The van der Waals surface area contributed by atoms with Crippen molar-refractivity contribution in [3.63, 3.8) is 0 Å². The molecule has 1 heteroatoms. The number of phenolic OH excluding ortho intramolecular Hbond substituents is 1. The van der Waals surface area contributed by atoms with Gasteiger partial charge < -0.3 is 5.11 Å². The molecule has 1 N–H and O–H groups in total. The molecule has 0 fully saturated rings. The van der Waals surface area contributed by atoms with Crippen LogP contribution in [0.2, 0.25) is 0 Å². The lowest BCUT2D eigenvalue weighted by Gasteiger charge is -1.89. The molecule has 10 heavy (non-hydrogen) atoms. The van der Waals surface area contributed by atoms with Crippen LogP contribution in [0.1, 0.15) is 6.99 Å². The van der Waals surface area contributed by atoms with Gasteiger partial charge in [0.25, 0.3) is 0 Å². The van der Waals surface area contributed by atoms with E-state index in [-0.39, 0.29) is 1.43 Å². The van der Waals surface area contributed by atoms with Crippen LogP contribution in [0.4, 0.5) is 0 Å². The Balaban J connectivity index is 0. The van der Waals surface area contributed by atoms with Crippen molar-refractivity contribution < 1.29 is 6.53 Å². The molecule has 1 nitrogen and oxygen atoms in total. The third kappa shape index (κ3) is 2.92. The van der Waals surface area contributed by atoms with E-state index in [1.54, 1.807) is 12.1 Å². The largest absolute Gasteiger partial charge is 0.508 e. The summed E-state index contributed by atoms with van der Waals surface area (Å²) in [6.07, 6.45) is 0. The summed E-state index contributed by atoms with van der Waals surface area (Å²) in [5.41, 5.74) is 1.17. The maximum Gasteiger partial charge on any atom is 0.115 e.